The first-order valence-electron chi connectivity index (χ1n) is 3.24. The Balaban J connectivity index is 3.03. The summed E-state index contributed by atoms with van der Waals surface area (Å²) < 4.78 is 4.99. The third-order valence-corrected chi connectivity index (χ3v) is 1.23. The highest BCUT2D eigenvalue weighted by Gasteiger charge is 2.01. The average Bonchev–Trinajstić information content (AvgIpc) is 1.87. The van der Waals surface area contributed by atoms with Gasteiger partial charge in [-0.2, -0.15) is 0 Å². The maximum absolute atomic E-state index is 8.87. The quantitative estimate of drug-likeness (QED) is 0.565. The van der Waals surface area contributed by atoms with Crippen molar-refractivity contribution in [2.45, 2.75) is 19.1 Å². The van der Waals surface area contributed by atoms with E-state index in [9.17, 15) is 0 Å². The van der Waals surface area contributed by atoms with Gasteiger partial charge in [-0.25, -0.2) is 0 Å². The molecule has 0 heterocycles. The van der Waals surface area contributed by atoms with E-state index in [2.05, 4.69) is 0 Å². The van der Waals surface area contributed by atoms with Crippen LogP contribution in [0.5, 0.6) is 0 Å². The largest absolute Gasteiger partial charge is 0.389 e. The Morgan fingerprint density at radius 1 is 1.60 bits per heavy atom. The number of hydrogen-bond donors (Lipinski definition) is 2. The summed E-state index contributed by atoms with van der Waals surface area (Å²) in [5, 5.41) is 8.87. The molecule has 0 aliphatic carbocycles. The van der Waals surface area contributed by atoms with Gasteiger partial charge in [0.1, 0.15) is 0 Å². The van der Waals surface area contributed by atoms with Crippen LogP contribution in [0.1, 0.15) is 6.92 Å². The van der Waals surface area contributed by atoms with Gasteiger partial charge < -0.3 is 15.6 Å². The van der Waals surface area contributed by atoms with Crippen molar-refractivity contribution in [2.75, 3.05) is 19.1 Å². The first kappa shape index (κ1) is 10.2. The lowest BCUT2D eigenvalue weighted by atomic mass is 10.4. The lowest BCUT2D eigenvalue weighted by Gasteiger charge is -2.09. The number of ether oxygens (including phenoxy) is 1. The van der Waals surface area contributed by atoms with Crippen LogP contribution < -0.4 is 5.73 Å². The normalized spacial score (nSPS) is 16.8. The summed E-state index contributed by atoms with van der Waals surface area (Å²) in [6, 6.07) is 0.0162. The van der Waals surface area contributed by atoms with Crippen molar-refractivity contribution < 1.29 is 9.84 Å². The fourth-order valence-corrected chi connectivity index (χ4v) is 0.524. The molecule has 3 nitrogen and oxygen atoms in total. The van der Waals surface area contributed by atoms with Gasteiger partial charge in [0.15, 0.2) is 0 Å². The first-order chi connectivity index (χ1) is 4.66. The van der Waals surface area contributed by atoms with Crippen LogP contribution >= 0.6 is 11.6 Å². The molecule has 0 saturated carbocycles. The average molecular weight is 168 g/mol. The van der Waals surface area contributed by atoms with Crippen LogP contribution in [0.15, 0.2) is 0 Å². The molecule has 0 unspecified atom stereocenters. The topological polar surface area (TPSA) is 55.5 Å². The third-order valence-electron chi connectivity index (χ3n) is 0.869. The number of halogens is 1. The van der Waals surface area contributed by atoms with Gasteiger partial charge in [-0.3, -0.25) is 0 Å². The van der Waals surface area contributed by atoms with Gasteiger partial charge in [-0.05, 0) is 6.92 Å². The summed E-state index contributed by atoms with van der Waals surface area (Å²) in [7, 11) is 0. The third kappa shape index (κ3) is 6.29. The van der Waals surface area contributed by atoms with Gasteiger partial charge in [0.25, 0.3) is 0 Å². The van der Waals surface area contributed by atoms with Gasteiger partial charge in [0, 0.05) is 6.04 Å². The predicted octanol–water partition coefficient (Wildman–Crippen LogP) is -0.0501. The maximum atomic E-state index is 8.87. The molecule has 4 heteroatoms. The van der Waals surface area contributed by atoms with Crippen LogP contribution in [0.25, 0.3) is 0 Å². The molecule has 0 aliphatic heterocycles. The van der Waals surface area contributed by atoms with Crippen molar-refractivity contribution in [3.63, 3.8) is 0 Å². The fourth-order valence-electron chi connectivity index (χ4n) is 0.435. The number of aliphatic hydroxyl groups excluding tert-OH is 1. The molecule has 0 radical (unpaired) electrons. The highest BCUT2D eigenvalue weighted by atomic mass is 35.5. The fraction of sp³-hybridized carbons (Fsp3) is 1.00. The molecule has 10 heavy (non-hydrogen) atoms. The maximum Gasteiger partial charge on any atom is 0.0908 e. The molecule has 0 amide bonds. The van der Waals surface area contributed by atoms with Crippen LogP contribution in [-0.2, 0) is 4.74 Å². The molecule has 0 saturated heterocycles. The summed E-state index contributed by atoms with van der Waals surface area (Å²) in [6.07, 6.45) is -0.569. The molecule has 0 rings (SSSR count). The minimum Gasteiger partial charge on any atom is -0.389 e. The zero-order valence-corrected chi connectivity index (χ0v) is 6.84. The predicted molar refractivity (Wildman–Crippen MR) is 41.2 cm³/mol. The molecule has 0 aromatic rings. The van der Waals surface area contributed by atoms with Gasteiger partial charge in [0.05, 0.1) is 25.2 Å². The summed E-state index contributed by atoms with van der Waals surface area (Å²) in [5.41, 5.74) is 5.38. The van der Waals surface area contributed by atoms with E-state index in [1.165, 1.54) is 0 Å². The minimum absolute atomic E-state index is 0.0162. The zero-order valence-electron chi connectivity index (χ0n) is 6.09. The molecule has 0 bridgehead atoms. The second kappa shape index (κ2) is 5.92. The number of aliphatic hydroxyl groups is 1. The molecule has 0 aliphatic rings. The molecule has 62 valence electrons. The molecule has 2 atom stereocenters. The van der Waals surface area contributed by atoms with Crippen LogP contribution in [-0.4, -0.2) is 36.3 Å². The van der Waals surface area contributed by atoms with E-state index < -0.39 is 6.10 Å². The van der Waals surface area contributed by atoms with E-state index in [1.54, 1.807) is 0 Å². The lowest BCUT2D eigenvalue weighted by Crippen LogP contribution is -2.25. The standard InChI is InChI=1S/C6H14ClNO2/c1-5(8)3-10-4-6(9)2-7/h5-6,9H,2-4,8H2,1H3/t5-,6-/m1/s1. The molecule has 0 aromatic heterocycles. The number of rotatable bonds is 5. The van der Waals surface area contributed by atoms with E-state index in [0.29, 0.717) is 6.61 Å². The summed E-state index contributed by atoms with van der Waals surface area (Å²) in [5.74, 6) is 0.207. The molecule has 3 N–H and O–H groups in total. The van der Waals surface area contributed by atoms with Crippen molar-refractivity contribution in [1.29, 1.82) is 0 Å². The van der Waals surface area contributed by atoms with Gasteiger partial charge >= 0.3 is 0 Å². The van der Waals surface area contributed by atoms with E-state index >= 15 is 0 Å². The van der Waals surface area contributed by atoms with Crippen LogP contribution in [0.3, 0.4) is 0 Å². The zero-order chi connectivity index (χ0) is 7.98. The minimum atomic E-state index is -0.569. The van der Waals surface area contributed by atoms with Gasteiger partial charge in [0.2, 0.25) is 0 Å². The van der Waals surface area contributed by atoms with Crippen molar-refractivity contribution >= 4 is 11.6 Å². The lowest BCUT2D eigenvalue weighted by molar-refractivity contribution is 0.0435. The molecular weight excluding hydrogens is 154 g/mol. The Kier molecular flexibility index (Phi) is 6.02. The van der Waals surface area contributed by atoms with Crippen molar-refractivity contribution in [3.8, 4) is 0 Å². The smallest absolute Gasteiger partial charge is 0.0908 e. The number of nitrogens with two attached hydrogens (primary N) is 1. The van der Waals surface area contributed by atoms with E-state index in [0.717, 1.165) is 0 Å². The van der Waals surface area contributed by atoms with Gasteiger partial charge in [-0.15, -0.1) is 11.6 Å². The molecule has 0 spiro atoms. The summed E-state index contributed by atoms with van der Waals surface area (Å²) in [4.78, 5) is 0. The Morgan fingerprint density at radius 3 is 2.60 bits per heavy atom. The van der Waals surface area contributed by atoms with E-state index in [4.69, 9.17) is 27.2 Å². The SMILES string of the molecule is C[C@@H](N)COC[C@H](O)CCl. The van der Waals surface area contributed by atoms with E-state index in [-0.39, 0.29) is 18.5 Å². The highest BCUT2D eigenvalue weighted by Crippen LogP contribution is 1.89. The first-order valence-corrected chi connectivity index (χ1v) is 3.77. The van der Waals surface area contributed by atoms with Crippen LogP contribution in [0.4, 0.5) is 0 Å². The monoisotopic (exact) mass is 167 g/mol. The molecule has 0 fully saturated rings. The number of hydrogen-bond acceptors (Lipinski definition) is 3. The second-order valence-electron chi connectivity index (χ2n) is 2.32. The number of alkyl halides is 1. The van der Waals surface area contributed by atoms with Crippen LogP contribution in [0.2, 0.25) is 0 Å². The molecule has 0 aromatic carbocycles. The van der Waals surface area contributed by atoms with Crippen molar-refractivity contribution in [3.05, 3.63) is 0 Å². The second-order valence-corrected chi connectivity index (χ2v) is 2.63. The Hall–Kier alpha value is 0.170. The Morgan fingerprint density at radius 2 is 2.20 bits per heavy atom. The molecular formula is C6H14ClNO2. The summed E-state index contributed by atoms with van der Waals surface area (Å²) >= 11 is 5.31. The Labute approximate surface area is 66.1 Å². The van der Waals surface area contributed by atoms with Crippen molar-refractivity contribution in [1.82, 2.24) is 0 Å². The Bertz CT molecular complexity index is 80.1. The summed E-state index contributed by atoms with van der Waals surface area (Å²) in [6.45, 7) is 2.58. The van der Waals surface area contributed by atoms with Crippen molar-refractivity contribution in [2.24, 2.45) is 5.73 Å². The van der Waals surface area contributed by atoms with E-state index in [1.807, 2.05) is 6.92 Å². The van der Waals surface area contributed by atoms with Gasteiger partial charge in [-0.1, -0.05) is 0 Å². The van der Waals surface area contributed by atoms with Crippen LogP contribution in [0, 0.1) is 0 Å². The highest BCUT2D eigenvalue weighted by molar-refractivity contribution is 6.18.